The highest BCUT2D eigenvalue weighted by Crippen LogP contribution is 2.45. The number of hydrogen-bond donors (Lipinski definition) is 1. The summed E-state index contributed by atoms with van der Waals surface area (Å²) >= 11 is 7.52. The molecule has 1 N–H and O–H groups in total. The quantitative estimate of drug-likeness (QED) is 0.930. The van der Waals surface area contributed by atoms with Crippen LogP contribution in [-0.4, -0.2) is 30.9 Å². The molecule has 0 spiro atoms. The van der Waals surface area contributed by atoms with Crippen molar-refractivity contribution in [1.82, 2.24) is 10.2 Å². The van der Waals surface area contributed by atoms with Crippen molar-refractivity contribution in [2.24, 2.45) is 11.3 Å². The molecule has 3 nitrogen and oxygen atoms in total. The highest BCUT2D eigenvalue weighted by atomic mass is 35.5. The SMILES string of the molecule is CN(Cc1ccc(Cl)s1)C(=O)[C@@]12CCCC[C@H]1CNC2. The van der Waals surface area contributed by atoms with Crippen molar-refractivity contribution in [1.29, 1.82) is 0 Å². The summed E-state index contributed by atoms with van der Waals surface area (Å²) < 4.78 is 0.789. The maximum atomic E-state index is 13.0. The van der Waals surface area contributed by atoms with Gasteiger partial charge in [0.15, 0.2) is 0 Å². The van der Waals surface area contributed by atoms with Gasteiger partial charge in [0.05, 0.1) is 16.3 Å². The van der Waals surface area contributed by atoms with Crippen LogP contribution in [0.4, 0.5) is 0 Å². The Morgan fingerprint density at radius 2 is 2.40 bits per heavy atom. The lowest BCUT2D eigenvalue weighted by molar-refractivity contribution is -0.144. The van der Waals surface area contributed by atoms with Crippen LogP contribution in [0.3, 0.4) is 0 Å². The molecule has 2 atom stereocenters. The van der Waals surface area contributed by atoms with Crippen LogP contribution in [0.1, 0.15) is 30.6 Å². The number of thiophene rings is 1. The maximum absolute atomic E-state index is 13.0. The highest BCUT2D eigenvalue weighted by Gasteiger charge is 2.50. The maximum Gasteiger partial charge on any atom is 0.230 e. The molecule has 0 unspecified atom stereocenters. The minimum Gasteiger partial charge on any atom is -0.340 e. The first-order chi connectivity index (χ1) is 9.62. The van der Waals surface area contributed by atoms with E-state index in [1.165, 1.54) is 19.3 Å². The average molecular weight is 313 g/mol. The second-order valence-electron chi connectivity index (χ2n) is 6.10. The zero-order chi connectivity index (χ0) is 14.2. The molecule has 2 fully saturated rings. The Balaban J connectivity index is 1.73. The molecule has 1 saturated heterocycles. The topological polar surface area (TPSA) is 32.3 Å². The number of halogens is 1. The average Bonchev–Trinajstić information content (AvgIpc) is 3.04. The fraction of sp³-hybridized carbons (Fsp3) is 0.667. The Kier molecular flexibility index (Phi) is 4.07. The minimum absolute atomic E-state index is 0.145. The molecule has 1 amide bonds. The van der Waals surface area contributed by atoms with Crippen molar-refractivity contribution < 1.29 is 4.79 Å². The molecule has 110 valence electrons. The normalized spacial score (nSPS) is 29.2. The van der Waals surface area contributed by atoms with Crippen LogP contribution < -0.4 is 5.32 Å². The summed E-state index contributed by atoms with van der Waals surface area (Å²) in [5.74, 6) is 0.842. The van der Waals surface area contributed by atoms with Gasteiger partial charge >= 0.3 is 0 Å². The van der Waals surface area contributed by atoms with Crippen LogP contribution in [0.5, 0.6) is 0 Å². The minimum atomic E-state index is -0.145. The van der Waals surface area contributed by atoms with Gasteiger partial charge in [-0.2, -0.15) is 0 Å². The van der Waals surface area contributed by atoms with Crippen molar-refractivity contribution in [2.45, 2.75) is 32.2 Å². The van der Waals surface area contributed by atoms with Crippen LogP contribution in [0, 0.1) is 11.3 Å². The number of carbonyl (C=O) groups excluding carboxylic acids is 1. The number of nitrogens with one attached hydrogen (secondary N) is 1. The lowest BCUT2D eigenvalue weighted by Crippen LogP contribution is -2.48. The van der Waals surface area contributed by atoms with Crippen molar-refractivity contribution >= 4 is 28.8 Å². The van der Waals surface area contributed by atoms with E-state index in [1.54, 1.807) is 11.3 Å². The summed E-state index contributed by atoms with van der Waals surface area (Å²) in [7, 11) is 1.93. The smallest absolute Gasteiger partial charge is 0.230 e. The van der Waals surface area contributed by atoms with E-state index in [0.717, 1.165) is 28.7 Å². The van der Waals surface area contributed by atoms with Crippen molar-refractivity contribution in [3.8, 4) is 0 Å². The second-order valence-corrected chi connectivity index (χ2v) is 7.90. The zero-order valence-corrected chi connectivity index (χ0v) is 13.4. The second kappa shape index (κ2) is 5.66. The molecule has 5 heteroatoms. The van der Waals surface area contributed by atoms with Crippen LogP contribution >= 0.6 is 22.9 Å². The van der Waals surface area contributed by atoms with Gasteiger partial charge in [0.25, 0.3) is 0 Å². The molecule has 1 aliphatic heterocycles. The predicted octanol–water partition coefficient (Wildman–Crippen LogP) is 3.14. The molecule has 0 bridgehead atoms. The van der Waals surface area contributed by atoms with E-state index in [9.17, 15) is 4.79 Å². The number of amides is 1. The van der Waals surface area contributed by atoms with Crippen LogP contribution in [0.2, 0.25) is 4.34 Å². The van der Waals surface area contributed by atoms with Crippen LogP contribution in [0.15, 0.2) is 12.1 Å². The molecule has 2 aliphatic rings. The van der Waals surface area contributed by atoms with E-state index in [2.05, 4.69) is 5.32 Å². The summed E-state index contributed by atoms with van der Waals surface area (Å²) in [5, 5.41) is 3.44. The van der Waals surface area contributed by atoms with E-state index >= 15 is 0 Å². The first-order valence-electron chi connectivity index (χ1n) is 7.32. The summed E-state index contributed by atoms with van der Waals surface area (Å²) in [6.07, 6.45) is 4.69. The molecule has 1 aliphatic carbocycles. The van der Waals surface area contributed by atoms with E-state index in [4.69, 9.17) is 11.6 Å². The fourth-order valence-corrected chi connectivity index (χ4v) is 4.93. The van der Waals surface area contributed by atoms with E-state index in [0.29, 0.717) is 18.4 Å². The van der Waals surface area contributed by atoms with Gasteiger partial charge in [-0.25, -0.2) is 0 Å². The lowest BCUT2D eigenvalue weighted by Gasteiger charge is -2.39. The largest absolute Gasteiger partial charge is 0.340 e. The molecule has 3 rings (SSSR count). The first-order valence-corrected chi connectivity index (χ1v) is 8.52. The van der Waals surface area contributed by atoms with Crippen molar-refractivity contribution in [3.63, 3.8) is 0 Å². The van der Waals surface area contributed by atoms with Gasteiger partial charge in [-0.1, -0.05) is 24.4 Å². The van der Waals surface area contributed by atoms with E-state index in [1.807, 2.05) is 24.1 Å². The Morgan fingerprint density at radius 3 is 3.15 bits per heavy atom. The molecule has 0 aromatic carbocycles. The summed E-state index contributed by atoms with van der Waals surface area (Å²) in [6, 6.07) is 3.92. The Bertz CT molecular complexity index is 504. The molecule has 2 heterocycles. The molecular weight excluding hydrogens is 292 g/mol. The summed E-state index contributed by atoms with van der Waals surface area (Å²) in [6.45, 7) is 2.53. The fourth-order valence-electron chi connectivity index (χ4n) is 3.79. The van der Waals surface area contributed by atoms with Crippen molar-refractivity contribution in [3.05, 3.63) is 21.3 Å². The summed E-state index contributed by atoms with van der Waals surface area (Å²) in [5.41, 5.74) is -0.145. The Hall–Kier alpha value is -0.580. The van der Waals surface area contributed by atoms with Crippen molar-refractivity contribution in [2.75, 3.05) is 20.1 Å². The molecule has 20 heavy (non-hydrogen) atoms. The van der Waals surface area contributed by atoms with Gasteiger partial charge in [0.1, 0.15) is 0 Å². The van der Waals surface area contributed by atoms with Crippen LogP contribution in [0.25, 0.3) is 0 Å². The van der Waals surface area contributed by atoms with Gasteiger partial charge in [0.2, 0.25) is 5.91 Å². The third-order valence-electron chi connectivity index (χ3n) is 4.83. The number of nitrogens with zero attached hydrogens (tertiary/aromatic N) is 1. The monoisotopic (exact) mass is 312 g/mol. The predicted molar refractivity (Wildman–Crippen MR) is 83.1 cm³/mol. The standard InChI is InChI=1S/C15H21ClN2OS/c1-18(9-12-5-6-13(16)20-12)14(19)15-7-3-2-4-11(15)8-17-10-15/h5-6,11,17H,2-4,7-10H2,1H3/t11-,15+/m0/s1. The van der Waals surface area contributed by atoms with Gasteiger partial charge < -0.3 is 10.2 Å². The Morgan fingerprint density at radius 1 is 1.55 bits per heavy atom. The lowest BCUT2D eigenvalue weighted by atomic mass is 9.67. The van der Waals surface area contributed by atoms with E-state index in [-0.39, 0.29) is 5.41 Å². The van der Waals surface area contributed by atoms with Gasteiger partial charge in [-0.05, 0) is 37.4 Å². The number of carbonyl (C=O) groups is 1. The molecular formula is C15H21ClN2OS. The van der Waals surface area contributed by atoms with Gasteiger partial charge in [-0.3, -0.25) is 4.79 Å². The number of hydrogen-bond acceptors (Lipinski definition) is 3. The zero-order valence-electron chi connectivity index (χ0n) is 11.8. The van der Waals surface area contributed by atoms with Gasteiger partial charge in [0, 0.05) is 18.5 Å². The molecule has 1 aromatic heterocycles. The molecule has 0 radical (unpaired) electrons. The third kappa shape index (κ3) is 2.49. The number of fused-ring (bicyclic) bond motifs is 1. The van der Waals surface area contributed by atoms with E-state index < -0.39 is 0 Å². The molecule has 1 saturated carbocycles. The van der Waals surface area contributed by atoms with Crippen LogP contribution in [-0.2, 0) is 11.3 Å². The number of rotatable bonds is 3. The third-order valence-corrected chi connectivity index (χ3v) is 6.05. The first kappa shape index (κ1) is 14.4. The Labute approximate surface area is 129 Å². The van der Waals surface area contributed by atoms with Gasteiger partial charge in [-0.15, -0.1) is 11.3 Å². The summed E-state index contributed by atoms with van der Waals surface area (Å²) in [4.78, 5) is 16.0. The highest BCUT2D eigenvalue weighted by molar-refractivity contribution is 7.16. The molecule has 1 aromatic rings.